The standard InChI is InChI=1S/C11H13BrN2O/c12-10-6-7(13)4-5-9(10)11(15)14-8-2-1-3-8/h4-6,8H,1-3,13H2,(H,14,15). The van der Waals surface area contributed by atoms with E-state index in [2.05, 4.69) is 21.2 Å². The molecule has 0 bridgehead atoms. The number of anilines is 1. The van der Waals surface area contributed by atoms with Crippen molar-refractivity contribution in [1.82, 2.24) is 5.32 Å². The molecule has 3 nitrogen and oxygen atoms in total. The number of nitrogen functional groups attached to an aromatic ring is 1. The molecule has 1 saturated carbocycles. The highest BCUT2D eigenvalue weighted by molar-refractivity contribution is 9.10. The van der Waals surface area contributed by atoms with Crippen LogP contribution in [-0.4, -0.2) is 11.9 Å². The fraction of sp³-hybridized carbons (Fsp3) is 0.364. The Morgan fingerprint density at radius 3 is 2.73 bits per heavy atom. The Bertz CT molecular complexity index is 388. The highest BCUT2D eigenvalue weighted by atomic mass is 79.9. The molecule has 15 heavy (non-hydrogen) atoms. The normalized spacial score (nSPS) is 15.8. The molecule has 0 unspecified atom stereocenters. The number of nitrogens with one attached hydrogen (secondary N) is 1. The van der Waals surface area contributed by atoms with Crippen LogP contribution < -0.4 is 11.1 Å². The van der Waals surface area contributed by atoms with Gasteiger partial charge in [-0.1, -0.05) is 0 Å². The summed E-state index contributed by atoms with van der Waals surface area (Å²) in [6, 6.07) is 5.59. The second kappa shape index (κ2) is 4.23. The van der Waals surface area contributed by atoms with Gasteiger partial charge in [-0.3, -0.25) is 4.79 Å². The third-order valence-electron chi connectivity index (χ3n) is 2.68. The predicted molar refractivity (Wildman–Crippen MR) is 63.7 cm³/mol. The van der Waals surface area contributed by atoms with E-state index in [4.69, 9.17) is 5.73 Å². The van der Waals surface area contributed by atoms with Crippen molar-refractivity contribution in [3.63, 3.8) is 0 Å². The molecule has 1 aromatic carbocycles. The number of hydrogen-bond acceptors (Lipinski definition) is 2. The summed E-state index contributed by atoms with van der Waals surface area (Å²) in [5.41, 5.74) is 6.91. The Morgan fingerprint density at radius 2 is 2.20 bits per heavy atom. The van der Waals surface area contributed by atoms with E-state index in [-0.39, 0.29) is 5.91 Å². The summed E-state index contributed by atoms with van der Waals surface area (Å²) < 4.78 is 0.749. The van der Waals surface area contributed by atoms with Crippen LogP contribution in [0.1, 0.15) is 29.6 Å². The average Bonchev–Trinajstić information content (AvgIpc) is 2.11. The molecule has 1 amide bonds. The number of carbonyl (C=O) groups is 1. The van der Waals surface area contributed by atoms with Crippen LogP contribution in [0.25, 0.3) is 0 Å². The Kier molecular flexibility index (Phi) is 2.95. The van der Waals surface area contributed by atoms with E-state index < -0.39 is 0 Å². The predicted octanol–water partition coefficient (Wildman–Crippen LogP) is 2.31. The minimum Gasteiger partial charge on any atom is -0.399 e. The van der Waals surface area contributed by atoms with Gasteiger partial charge < -0.3 is 11.1 Å². The molecular weight excluding hydrogens is 256 g/mol. The maximum absolute atomic E-state index is 11.8. The van der Waals surface area contributed by atoms with Gasteiger partial charge in [0, 0.05) is 16.2 Å². The van der Waals surface area contributed by atoms with Gasteiger partial charge in [0.15, 0.2) is 0 Å². The van der Waals surface area contributed by atoms with Crippen LogP contribution in [0, 0.1) is 0 Å². The topological polar surface area (TPSA) is 55.1 Å². The molecule has 0 heterocycles. The van der Waals surface area contributed by atoms with Crippen LogP contribution in [-0.2, 0) is 0 Å². The minimum absolute atomic E-state index is 0.0217. The van der Waals surface area contributed by atoms with Crippen molar-refractivity contribution in [3.8, 4) is 0 Å². The third kappa shape index (κ3) is 2.31. The molecule has 1 fully saturated rings. The van der Waals surface area contributed by atoms with Crippen LogP contribution in [0.15, 0.2) is 22.7 Å². The van der Waals surface area contributed by atoms with Crippen molar-refractivity contribution < 1.29 is 4.79 Å². The molecule has 4 heteroatoms. The molecule has 0 aliphatic heterocycles. The van der Waals surface area contributed by atoms with Crippen molar-refractivity contribution >= 4 is 27.5 Å². The zero-order chi connectivity index (χ0) is 10.8. The van der Waals surface area contributed by atoms with Crippen molar-refractivity contribution in [1.29, 1.82) is 0 Å². The SMILES string of the molecule is Nc1ccc(C(=O)NC2CCC2)c(Br)c1. The smallest absolute Gasteiger partial charge is 0.252 e. The van der Waals surface area contributed by atoms with Crippen molar-refractivity contribution in [2.45, 2.75) is 25.3 Å². The summed E-state index contributed by atoms with van der Waals surface area (Å²) in [4.78, 5) is 11.8. The van der Waals surface area contributed by atoms with E-state index >= 15 is 0 Å². The zero-order valence-electron chi connectivity index (χ0n) is 8.29. The van der Waals surface area contributed by atoms with Crippen molar-refractivity contribution in [2.24, 2.45) is 0 Å². The van der Waals surface area contributed by atoms with Gasteiger partial charge in [0.05, 0.1) is 5.56 Å². The van der Waals surface area contributed by atoms with Crippen molar-refractivity contribution in [3.05, 3.63) is 28.2 Å². The van der Waals surface area contributed by atoms with E-state index in [1.54, 1.807) is 18.2 Å². The lowest BCUT2D eigenvalue weighted by Crippen LogP contribution is -2.39. The van der Waals surface area contributed by atoms with E-state index in [1.165, 1.54) is 6.42 Å². The van der Waals surface area contributed by atoms with E-state index in [9.17, 15) is 4.79 Å². The number of carbonyl (C=O) groups excluding carboxylic acids is 1. The molecule has 0 radical (unpaired) electrons. The largest absolute Gasteiger partial charge is 0.399 e. The summed E-state index contributed by atoms with van der Waals surface area (Å²) in [5, 5.41) is 2.98. The van der Waals surface area contributed by atoms with Gasteiger partial charge in [0.25, 0.3) is 5.91 Å². The van der Waals surface area contributed by atoms with Gasteiger partial charge in [-0.25, -0.2) is 0 Å². The number of nitrogens with two attached hydrogens (primary N) is 1. The number of rotatable bonds is 2. The molecule has 0 saturated heterocycles. The second-order valence-electron chi connectivity index (χ2n) is 3.84. The number of benzene rings is 1. The Morgan fingerprint density at radius 1 is 1.47 bits per heavy atom. The van der Waals surface area contributed by atoms with Crippen LogP contribution in [0.5, 0.6) is 0 Å². The van der Waals surface area contributed by atoms with Gasteiger partial charge in [0.1, 0.15) is 0 Å². The highest BCUT2D eigenvalue weighted by Crippen LogP contribution is 2.22. The molecule has 1 aromatic rings. The summed E-state index contributed by atoms with van der Waals surface area (Å²) in [6.45, 7) is 0. The minimum atomic E-state index is -0.0217. The molecule has 1 aliphatic rings. The first-order valence-corrected chi connectivity index (χ1v) is 5.82. The maximum Gasteiger partial charge on any atom is 0.252 e. The monoisotopic (exact) mass is 268 g/mol. The lowest BCUT2D eigenvalue weighted by atomic mass is 9.93. The van der Waals surface area contributed by atoms with Crippen LogP contribution >= 0.6 is 15.9 Å². The van der Waals surface area contributed by atoms with Crippen LogP contribution in [0.3, 0.4) is 0 Å². The Balaban J connectivity index is 2.10. The fourth-order valence-electron chi connectivity index (χ4n) is 1.53. The van der Waals surface area contributed by atoms with E-state index in [0.717, 1.165) is 17.3 Å². The summed E-state index contributed by atoms with van der Waals surface area (Å²) >= 11 is 3.34. The first-order valence-electron chi connectivity index (χ1n) is 5.02. The molecule has 80 valence electrons. The van der Waals surface area contributed by atoms with Gasteiger partial charge in [-0.2, -0.15) is 0 Å². The number of hydrogen-bond donors (Lipinski definition) is 2. The third-order valence-corrected chi connectivity index (χ3v) is 3.33. The molecule has 0 spiro atoms. The zero-order valence-corrected chi connectivity index (χ0v) is 9.88. The van der Waals surface area contributed by atoms with Gasteiger partial charge in [-0.15, -0.1) is 0 Å². The summed E-state index contributed by atoms with van der Waals surface area (Å²) in [7, 11) is 0. The van der Waals surface area contributed by atoms with Crippen molar-refractivity contribution in [2.75, 3.05) is 5.73 Å². The molecule has 1 aliphatic carbocycles. The first kappa shape index (κ1) is 10.5. The average molecular weight is 269 g/mol. The van der Waals surface area contributed by atoms with Crippen LogP contribution in [0.2, 0.25) is 0 Å². The quantitative estimate of drug-likeness (QED) is 0.809. The van der Waals surface area contributed by atoms with Gasteiger partial charge >= 0.3 is 0 Å². The Labute approximate surface area is 97.2 Å². The molecule has 0 aromatic heterocycles. The lowest BCUT2D eigenvalue weighted by Gasteiger charge is -2.26. The van der Waals surface area contributed by atoms with Gasteiger partial charge in [0.2, 0.25) is 0 Å². The summed E-state index contributed by atoms with van der Waals surface area (Å²) in [5.74, 6) is -0.0217. The Hall–Kier alpha value is -1.03. The second-order valence-corrected chi connectivity index (χ2v) is 4.69. The van der Waals surface area contributed by atoms with E-state index in [1.807, 2.05) is 0 Å². The number of halogens is 1. The molecule has 2 rings (SSSR count). The van der Waals surface area contributed by atoms with Crippen LogP contribution in [0.4, 0.5) is 5.69 Å². The van der Waals surface area contributed by atoms with E-state index in [0.29, 0.717) is 17.3 Å². The first-order chi connectivity index (χ1) is 7.16. The summed E-state index contributed by atoms with van der Waals surface area (Å²) in [6.07, 6.45) is 3.41. The lowest BCUT2D eigenvalue weighted by molar-refractivity contribution is 0.0916. The highest BCUT2D eigenvalue weighted by Gasteiger charge is 2.20. The molecular formula is C11H13BrN2O. The molecule has 3 N–H and O–H groups in total. The maximum atomic E-state index is 11.8. The number of amides is 1. The fourth-order valence-corrected chi connectivity index (χ4v) is 2.11. The molecule has 0 atom stereocenters. The van der Waals surface area contributed by atoms with Gasteiger partial charge in [-0.05, 0) is 53.4 Å².